The number of benzene rings is 2. The number of carbonyl (C=O) groups excluding carboxylic acids is 1. The largest absolute Gasteiger partial charge is 0.339 e. The van der Waals surface area contributed by atoms with Gasteiger partial charge < -0.3 is 9.88 Å². The first-order valence-electron chi connectivity index (χ1n) is 10.3. The quantitative estimate of drug-likeness (QED) is 0.333. The molecule has 10 heteroatoms. The summed E-state index contributed by atoms with van der Waals surface area (Å²) in [5.41, 5.74) is 3.08. The Morgan fingerprint density at radius 3 is 2.69 bits per heavy atom. The van der Waals surface area contributed by atoms with Crippen molar-refractivity contribution in [3.05, 3.63) is 72.8 Å². The van der Waals surface area contributed by atoms with Gasteiger partial charge in [0.25, 0.3) is 11.9 Å². The molecular weight excluding hydrogens is 546 g/mol. The summed E-state index contributed by atoms with van der Waals surface area (Å²) in [7, 11) is 0. The zero-order valence-corrected chi connectivity index (χ0v) is 19.7. The first kappa shape index (κ1) is 20.0. The lowest BCUT2D eigenvalue weighted by atomic mass is 10.1. The van der Waals surface area contributed by atoms with Crippen LogP contribution in [0, 0.1) is 8.97 Å². The van der Waals surface area contributed by atoms with E-state index in [1.54, 1.807) is 18.2 Å². The van der Waals surface area contributed by atoms with Gasteiger partial charge in [0.05, 0.1) is 13.7 Å². The number of rotatable bonds is 3. The Labute approximate surface area is 197 Å². The van der Waals surface area contributed by atoms with Crippen LogP contribution in [0.3, 0.4) is 0 Å². The molecule has 2 aromatic carbocycles. The van der Waals surface area contributed by atoms with Crippen molar-refractivity contribution in [2.24, 2.45) is 4.99 Å². The van der Waals surface area contributed by atoms with E-state index in [4.69, 9.17) is 11.6 Å². The SMILES string of the molecule is O=C(c1ccc2[nH]c3c(c2c1Cl)=In1c(Cc2ccc(F)cc2)nnc1N=3)N1CCCC1. The van der Waals surface area contributed by atoms with Crippen LogP contribution in [-0.2, 0) is 6.42 Å². The maximum Gasteiger partial charge on any atom is 0.261 e. The highest BCUT2D eigenvalue weighted by Gasteiger charge is 2.24. The Kier molecular flexibility index (Phi) is 4.83. The van der Waals surface area contributed by atoms with Crippen molar-refractivity contribution in [3.63, 3.8) is 0 Å². The Hall–Kier alpha value is -2.66. The van der Waals surface area contributed by atoms with Crippen LogP contribution in [0.15, 0.2) is 41.4 Å². The van der Waals surface area contributed by atoms with Crippen LogP contribution >= 0.6 is 32.6 Å². The van der Waals surface area contributed by atoms with E-state index in [0.717, 1.165) is 56.9 Å². The van der Waals surface area contributed by atoms with E-state index < -0.39 is 21.0 Å². The van der Waals surface area contributed by atoms with Crippen LogP contribution < -0.4 is 5.49 Å². The average Bonchev–Trinajstić information content (AvgIpc) is 3.53. The molecule has 32 heavy (non-hydrogen) atoms. The summed E-state index contributed by atoms with van der Waals surface area (Å²) in [6, 6.07) is 10.1. The van der Waals surface area contributed by atoms with Gasteiger partial charge >= 0.3 is 0 Å². The van der Waals surface area contributed by atoms with Gasteiger partial charge in [0.1, 0.15) is 17.1 Å². The number of nitrogens with zero attached hydrogens (tertiary/aromatic N) is 5. The van der Waals surface area contributed by atoms with Gasteiger partial charge in [-0.1, -0.05) is 23.7 Å². The smallest absolute Gasteiger partial charge is 0.261 e. The number of aromatic amines is 1. The van der Waals surface area contributed by atoms with E-state index in [-0.39, 0.29) is 11.7 Å². The minimum atomic E-state index is -0.755. The highest BCUT2D eigenvalue weighted by atomic mass is 127. The molecule has 7 nitrogen and oxygen atoms in total. The molecule has 0 radical (unpaired) electrons. The predicted molar refractivity (Wildman–Crippen MR) is 127 cm³/mol. The molecule has 2 aliphatic rings. The predicted octanol–water partition coefficient (Wildman–Crippen LogP) is 4.33. The second kappa shape index (κ2) is 7.73. The van der Waals surface area contributed by atoms with E-state index in [2.05, 4.69) is 20.2 Å². The molecule has 1 saturated heterocycles. The van der Waals surface area contributed by atoms with Crippen molar-refractivity contribution in [2.75, 3.05) is 13.1 Å². The van der Waals surface area contributed by atoms with Gasteiger partial charge in [-0.25, -0.2) is 7.17 Å². The summed E-state index contributed by atoms with van der Waals surface area (Å²) in [5, 5.41) is 9.90. The van der Waals surface area contributed by atoms with E-state index in [1.807, 2.05) is 13.7 Å². The average molecular weight is 563 g/mol. The molecule has 1 N–H and O–H groups in total. The van der Waals surface area contributed by atoms with Gasteiger partial charge in [-0.3, -0.25) is 4.79 Å². The third-order valence-corrected chi connectivity index (χ3v) is 9.16. The van der Waals surface area contributed by atoms with Crippen molar-refractivity contribution in [1.29, 1.82) is 0 Å². The highest BCUT2D eigenvalue weighted by Crippen LogP contribution is 2.33. The molecule has 0 saturated carbocycles. The summed E-state index contributed by atoms with van der Waals surface area (Å²) in [6.45, 7) is 1.55. The highest BCUT2D eigenvalue weighted by molar-refractivity contribution is 14.2. The molecule has 2 aliphatic heterocycles. The molecule has 1 amide bonds. The van der Waals surface area contributed by atoms with E-state index in [0.29, 0.717) is 23.0 Å². The fourth-order valence-electron chi connectivity index (χ4n) is 4.13. The third-order valence-electron chi connectivity index (χ3n) is 5.76. The van der Waals surface area contributed by atoms with Gasteiger partial charge in [-0.05, 0) is 42.7 Å². The Balaban J connectivity index is 1.46. The second-order valence-electron chi connectivity index (χ2n) is 7.83. The number of fused-ring (bicyclic) bond motifs is 4. The Bertz CT molecular complexity index is 1500. The maximum atomic E-state index is 13.3. The summed E-state index contributed by atoms with van der Waals surface area (Å²) in [4.78, 5) is 22.9. The number of amides is 1. The van der Waals surface area contributed by atoms with Crippen LogP contribution in [0.25, 0.3) is 10.9 Å². The fraction of sp³-hybridized carbons (Fsp3) is 0.227. The van der Waals surface area contributed by atoms with Crippen molar-refractivity contribution in [2.45, 2.75) is 19.3 Å². The molecule has 0 atom stereocenters. The van der Waals surface area contributed by atoms with Gasteiger partial charge in [0.2, 0.25) is 0 Å². The van der Waals surface area contributed by atoms with E-state index >= 15 is 0 Å². The zero-order valence-electron chi connectivity index (χ0n) is 16.8. The van der Waals surface area contributed by atoms with E-state index in [9.17, 15) is 9.18 Å². The first-order chi connectivity index (χ1) is 15.6. The number of H-pyrrole nitrogens is 1. The first-order valence-corrected chi connectivity index (χ1v) is 12.7. The normalized spacial score (nSPS) is 15.0. The summed E-state index contributed by atoms with van der Waals surface area (Å²) in [5.74, 6) is 1.05. The van der Waals surface area contributed by atoms with Gasteiger partial charge in [-0.2, -0.15) is 4.99 Å². The number of carbonyl (C=O) groups is 1. The lowest BCUT2D eigenvalue weighted by Crippen LogP contribution is -2.27. The standard InChI is InChI=1S/C22H17ClFIN6O/c23-18-14(21(32)30-9-1-2-10-30)7-8-15-17(18)19-20(26-15)27-22-29-28-16(31(22)25-19)11-12-3-5-13(24)6-4-12/h3-8H,1-2,9-11H2,(H,26,27,29). The number of nitrogens with one attached hydrogen (secondary N) is 1. The minimum Gasteiger partial charge on any atom is -0.339 e. The minimum absolute atomic E-state index is 0.0164. The van der Waals surface area contributed by atoms with Crippen LogP contribution in [0.4, 0.5) is 10.3 Å². The fourth-order valence-corrected chi connectivity index (χ4v) is 7.37. The van der Waals surface area contributed by atoms with Crippen LogP contribution in [-0.4, -0.2) is 41.9 Å². The third kappa shape index (κ3) is 3.25. The molecule has 0 bridgehead atoms. The lowest BCUT2D eigenvalue weighted by Gasteiger charge is -2.16. The Morgan fingerprint density at radius 2 is 1.91 bits per heavy atom. The van der Waals surface area contributed by atoms with Gasteiger partial charge in [0, 0.05) is 51.4 Å². The van der Waals surface area contributed by atoms with Crippen molar-refractivity contribution < 1.29 is 9.18 Å². The van der Waals surface area contributed by atoms with Crippen LogP contribution in [0.2, 0.25) is 5.02 Å². The molecule has 4 aromatic rings. The number of aromatic nitrogens is 4. The number of likely N-dealkylation sites (tertiary alicyclic amines) is 1. The molecule has 162 valence electrons. The molecule has 6 rings (SSSR count). The molecule has 0 aliphatic carbocycles. The Morgan fingerprint density at radius 1 is 1.12 bits per heavy atom. The summed E-state index contributed by atoms with van der Waals surface area (Å²) in [6.07, 6.45) is 2.60. The zero-order chi connectivity index (χ0) is 21.8. The van der Waals surface area contributed by atoms with Crippen LogP contribution in [0.5, 0.6) is 0 Å². The molecular formula is C22H17ClFIN6O. The van der Waals surface area contributed by atoms with Gasteiger partial charge in [-0.15, -0.1) is 10.2 Å². The number of hydrogen-bond donors (Lipinski definition) is 1. The number of hydrogen-bond acceptors (Lipinski definition) is 4. The van der Waals surface area contributed by atoms with Crippen molar-refractivity contribution in [3.8, 4) is 0 Å². The topological polar surface area (TPSA) is 79.2 Å². The van der Waals surface area contributed by atoms with Gasteiger partial charge in [0.15, 0.2) is 0 Å². The van der Waals surface area contributed by atoms with Crippen molar-refractivity contribution >= 4 is 55.4 Å². The molecule has 0 unspecified atom stereocenters. The van der Waals surface area contributed by atoms with Crippen molar-refractivity contribution in [1.82, 2.24) is 22.9 Å². The molecule has 2 aromatic heterocycles. The molecule has 0 spiro atoms. The second-order valence-corrected chi connectivity index (χ2v) is 10.7. The monoisotopic (exact) mass is 562 g/mol. The summed E-state index contributed by atoms with van der Waals surface area (Å²) >= 11 is 6.06. The molecule has 4 heterocycles. The maximum absolute atomic E-state index is 13.3. The van der Waals surface area contributed by atoms with E-state index in [1.165, 1.54) is 12.1 Å². The lowest BCUT2D eigenvalue weighted by molar-refractivity contribution is 0.0793. The number of halogens is 3. The summed E-state index contributed by atoms with van der Waals surface area (Å²) < 4.78 is 16.3. The van der Waals surface area contributed by atoms with Crippen LogP contribution in [0.1, 0.15) is 34.6 Å². The molecule has 1 fully saturated rings.